The quantitative estimate of drug-likeness (QED) is 0.199. The van der Waals surface area contributed by atoms with E-state index in [0.29, 0.717) is 51.9 Å². The van der Waals surface area contributed by atoms with Crippen LogP contribution in [0, 0.1) is 74.9 Å². The highest BCUT2D eigenvalue weighted by Gasteiger charge is 2.64. The first-order valence-electron chi connectivity index (χ1n) is 26.1. The van der Waals surface area contributed by atoms with Crippen molar-refractivity contribution in [3.8, 4) is 0 Å². The van der Waals surface area contributed by atoms with E-state index in [1.54, 1.807) is 12.3 Å². The van der Waals surface area contributed by atoms with E-state index in [1.807, 2.05) is 33.3 Å². The predicted molar refractivity (Wildman–Crippen MR) is 279 cm³/mol. The molecule has 9 nitrogen and oxygen atoms in total. The zero-order valence-electron chi connectivity index (χ0n) is 41.2. The van der Waals surface area contributed by atoms with E-state index >= 15 is 0 Å². The minimum Gasteiger partial charge on any atom is -0.390 e. The van der Waals surface area contributed by atoms with E-state index in [2.05, 4.69) is 76.7 Å². The smallest absolute Gasteiger partial charge is 0.147 e. The summed E-state index contributed by atoms with van der Waals surface area (Å²) in [5, 5.41) is 22.1. The van der Waals surface area contributed by atoms with Crippen LogP contribution in [-0.2, 0) is 14.3 Å². The van der Waals surface area contributed by atoms with Crippen LogP contribution in [0.3, 0.4) is 0 Å². The number of methoxy groups -OCH3 is 2. The zero-order chi connectivity index (χ0) is 46.7. The molecule has 10 heteroatoms. The summed E-state index contributed by atoms with van der Waals surface area (Å²) in [6.45, 7) is 10.8. The first kappa shape index (κ1) is 53.4. The van der Waals surface area contributed by atoms with Crippen LogP contribution in [0.15, 0.2) is 55.0 Å². The molecule has 0 bridgehead atoms. The molecule has 3 heterocycles. The number of pyridine rings is 2. The fraction of sp³-hybridized carbons (Fsp3) is 0.776. The normalized spacial score (nSPS) is 43.1. The maximum absolute atomic E-state index is 12.6. The predicted octanol–water partition coefficient (Wildman–Crippen LogP) is 12.8. The number of ether oxygens (including phenoxy) is 2. The summed E-state index contributed by atoms with van der Waals surface area (Å²) in [6, 6.07) is 11.7. The van der Waals surface area contributed by atoms with Crippen molar-refractivity contribution in [2.24, 2.45) is 74.9 Å². The molecule has 68 heavy (non-hydrogen) atoms. The van der Waals surface area contributed by atoms with Gasteiger partial charge in [-0.05, 0) is 223 Å². The molecular formula is C58H91BrN4O5. The Morgan fingerprint density at radius 2 is 1.26 bits per heavy atom. The largest absolute Gasteiger partial charge is 0.390 e. The van der Waals surface area contributed by atoms with Gasteiger partial charge in [-0.1, -0.05) is 56.8 Å². The van der Waals surface area contributed by atoms with Crippen molar-refractivity contribution < 1.29 is 24.5 Å². The number of nitrogen functional groups attached to an aromatic ring is 1. The monoisotopic (exact) mass is 1000 g/mol. The lowest BCUT2D eigenvalue weighted by Crippen LogP contribution is -2.58. The lowest BCUT2D eigenvalue weighted by atomic mass is 9.43. The standard InChI is InChI=1S/C28H40N2O2.C23H37BrO3.C5H6N2.2CH4/c1-26(31)13-14-28(18-32-3)19(16-26)7-8-20-21-9-10-23(27(21,2)12-11-22(20)28)24-17-30-15-5-4-6-25(30)29-24;1-21(26)10-11-23(14-27-3)15(12-21)4-5-16-17-6-7-19(20(25)13-24)22(17,2)9-8-18(16)23;6-5-3-1-2-4-7-5;;/h4-6,15,17,19-23,31H,7-14,16,18H2,1-3H3;15-19,26H,4-14H2,1-3H3;1-4H,(H2,6,7);2*1H4/t19-,20?,21-,22-,23+,26+,27-,28+;15-,16?,17-,18-,19+,21+,22-,23+;;;/m00.../s1. The summed E-state index contributed by atoms with van der Waals surface area (Å²) >= 11 is 3.43. The first-order chi connectivity index (χ1) is 31.5. The van der Waals surface area contributed by atoms with Gasteiger partial charge in [-0.2, -0.15) is 0 Å². The van der Waals surface area contributed by atoms with Crippen LogP contribution in [0.25, 0.3) is 5.65 Å². The third-order valence-electron chi connectivity index (χ3n) is 21.1. The highest BCUT2D eigenvalue weighted by atomic mass is 79.9. The van der Waals surface area contributed by atoms with Crippen molar-refractivity contribution in [2.45, 2.75) is 175 Å². The number of aliphatic hydroxyl groups is 2. The van der Waals surface area contributed by atoms with E-state index in [9.17, 15) is 15.0 Å². The van der Waals surface area contributed by atoms with E-state index in [0.717, 1.165) is 87.5 Å². The molecule has 11 rings (SSSR count). The Kier molecular flexibility index (Phi) is 16.2. The van der Waals surface area contributed by atoms with Crippen LogP contribution in [0.5, 0.6) is 0 Å². The molecular weight excluding hydrogens is 913 g/mol. The number of Topliss-reactive ketones (excluding diaryl/α,β-unsaturated/α-hetero) is 1. The van der Waals surface area contributed by atoms with Crippen molar-refractivity contribution in [1.82, 2.24) is 14.4 Å². The molecule has 8 fully saturated rings. The van der Waals surface area contributed by atoms with Crippen LogP contribution in [0.4, 0.5) is 5.82 Å². The highest BCUT2D eigenvalue weighted by Crippen LogP contribution is 2.71. The number of ketones is 1. The van der Waals surface area contributed by atoms with Crippen LogP contribution < -0.4 is 5.73 Å². The Morgan fingerprint density at radius 3 is 1.78 bits per heavy atom. The van der Waals surface area contributed by atoms with Gasteiger partial charge in [-0.15, -0.1) is 0 Å². The highest BCUT2D eigenvalue weighted by molar-refractivity contribution is 9.09. The Balaban J connectivity index is 0.000000173. The van der Waals surface area contributed by atoms with Gasteiger partial charge in [0, 0.05) is 44.6 Å². The SMILES string of the molecule is C.C.COC[C@]12CC[C@@](C)(O)C[C@@H]1CCC1[C@@H]3CC[C@H](C(=O)CBr)[C@@]3(C)CC[C@@H]12.COC[C@]12CC[C@@](C)(O)C[C@@H]1CCC1[C@@H]3CC[C@H](c4cn5ccccc5n4)[C@@]3(C)CC[C@@H]12.Nc1ccccn1. The molecule has 0 amide bonds. The summed E-state index contributed by atoms with van der Waals surface area (Å²) in [5.41, 5.74) is 7.74. The van der Waals surface area contributed by atoms with Gasteiger partial charge < -0.3 is 29.8 Å². The number of anilines is 1. The Hall–Kier alpha value is -2.37. The number of carbonyl (C=O) groups is 1. The molecule has 8 aliphatic rings. The lowest BCUT2D eigenvalue weighted by molar-refractivity contribution is -0.175. The maximum Gasteiger partial charge on any atom is 0.147 e. The molecule has 0 spiro atoms. The number of rotatable bonds is 7. The Labute approximate surface area is 419 Å². The minimum atomic E-state index is -0.501. The van der Waals surface area contributed by atoms with Crippen LogP contribution in [0.2, 0.25) is 0 Å². The first-order valence-corrected chi connectivity index (χ1v) is 27.3. The third kappa shape index (κ3) is 9.44. The zero-order valence-corrected chi connectivity index (χ0v) is 42.8. The second-order valence-corrected chi connectivity index (χ2v) is 24.9. The molecule has 8 aliphatic carbocycles. The van der Waals surface area contributed by atoms with Crippen molar-refractivity contribution in [1.29, 1.82) is 0 Å². The summed E-state index contributed by atoms with van der Waals surface area (Å²) in [6.07, 6.45) is 27.2. The average molecular weight is 1000 g/mol. The maximum atomic E-state index is 12.6. The Bertz CT molecular complexity index is 2110. The van der Waals surface area contributed by atoms with Crippen molar-refractivity contribution in [2.75, 3.05) is 38.5 Å². The summed E-state index contributed by atoms with van der Waals surface area (Å²) < 4.78 is 14.0. The number of aromatic nitrogens is 3. The number of hydrogen-bond acceptors (Lipinski definition) is 8. The molecule has 3 aromatic rings. The van der Waals surface area contributed by atoms with Gasteiger partial charge in [0.25, 0.3) is 0 Å². The number of halogens is 1. The lowest BCUT2D eigenvalue weighted by Gasteiger charge is -2.62. The molecule has 8 saturated carbocycles. The van der Waals surface area contributed by atoms with Crippen LogP contribution >= 0.6 is 15.9 Å². The number of hydrogen-bond donors (Lipinski definition) is 3. The fourth-order valence-electron chi connectivity index (χ4n) is 18.2. The van der Waals surface area contributed by atoms with Crippen molar-refractivity contribution in [3.63, 3.8) is 0 Å². The van der Waals surface area contributed by atoms with E-state index in [4.69, 9.17) is 20.2 Å². The number of carbonyl (C=O) groups excluding carboxylic acids is 1. The van der Waals surface area contributed by atoms with Gasteiger partial charge in [0.15, 0.2) is 0 Å². The van der Waals surface area contributed by atoms with E-state index in [1.165, 1.54) is 76.3 Å². The third-order valence-corrected chi connectivity index (χ3v) is 21.6. The number of nitrogens with zero attached hydrogens (tertiary/aromatic N) is 3. The Morgan fingerprint density at radius 1 is 0.706 bits per heavy atom. The molecule has 4 N–H and O–H groups in total. The molecule has 0 aromatic carbocycles. The molecule has 380 valence electrons. The van der Waals surface area contributed by atoms with Gasteiger partial charge in [-0.25, -0.2) is 9.97 Å². The van der Waals surface area contributed by atoms with Crippen molar-refractivity contribution >= 4 is 33.2 Å². The van der Waals surface area contributed by atoms with Gasteiger partial charge in [0.1, 0.15) is 17.2 Å². The average Bonchev–Trinajstić information content (AvgIpc) is 3.99. The van der Waals surface area contributed by atoms with E-state index in [-0.39, 0.29) is 37.0 Å². The summed E-state index contributed by atoms with van der Waals surface area (Å²) in [5.74, 6) is 7.56. The van der Waals surface area contributed by atoms with Crippen LogP contribution in [-0.4, -0.2) is 74.3 Å². The van der Waals surface area contributed by atoms with Gasteiger partial charge >= 0.3 is 0 Å². The topological polar surface area (TPSA) is 132 Å². The number of fused-ring (bicyclic) bond motifs is 11. The van der Waals surface area contributed by atoms with E-state index < -0.39 is 11.2 Å². The molecule has 16 atom stereocenters. The summed E-state index contributed by atoms with van der Waals surface area (Å²) in [7, 11) is 3.75. The van der Waals surface area contributed by atoms with Gasteiger partial charge in [-0.3, -0.25) is 4.79 Å². The number of imidazole rings is 1. The second-order valence-electron chi connectivity index (χ2n) is 24.4. The number of nitrogens with two attached hydrogens (primary N) is 1. The fourth-order valence-corrected chi connectivity index (χ4v) is 18.6. The second kappa shape index (κ2) is 20.6. The molecule has 0 radical (unpaired) electrons. The summed E-state index contributed by atoms with van der Waals surface area (Å²) in [4.78, 5) is 21.4. The molecule has 0 aliphatic heterocycles. The van der Waals surface area contributed by atoms with Gasteiger partial charge in [0.2, 0.25) is 0 Å². The van der Waals surface area contributed by atoms with Gasteiger partial charge in [0.05, 0.1) is 35.4 Å². The minimum absolute atomic E-state index is 0. The van der Waals surface area contributed by atoms with Crippen molar-refractivity contribution in [3.05, 3.63) is 60.7 Å². The molecule has 0 saturated heterocycles. The number of alkyl halides is 1. The molecule has 3 aromatic heterocycles. The molecule has 2 unspecified atom stereocenters. The van der Waals surface area contributed by atoms with Crippen LogP contribution in [0.1, 0.15) is 170 Å².